The Balaban J connectivity index is 2.83. The van der Waals surface area contributed by atoms with Gasteiger partial charge < -0.3 is 5.32 Å². The summed E-state index contributed by atoms with van der Waals surface area (Å²) in [5.41, 5.74) is 0.967. The van der Waals surface area contributed by atoms with Gasteiger partial charge in [-0.2, -0.15) is 0 Å². The predicted octanol–water partition coefficient (Wildman–Crippen LogP) is 3.27. The van der Waals surface area contributed by atoms with E-state index in [0.29, 0.717) is 11.0 Å². The van der Waals surface area contributed by atoms with Crippen LogP contribution < -0.4 is 10.0 Å². The van der Waals surface area contributed by atoms with Gasteiger partial charge in [-0.3, -0.25) is 0 Å². The average molecular weight is 377 g/mol. The number of hydrogen-bond donors (Lipinski definition) is 2. The quantitative estimate of drug-likeness (QED) is 0.717. The van der Waals surface area contributed by atoms with E-state index < -0.39 is 10.0 Å². The summed E-state index contributed by atoms with van der Waals surface area (Å²) < 4.78 is 27.9. The zero-order valence-electron chi connectivity index (χ0n) is 13.2. The molecule has 0 aliphatic heterocycles. The molecule has 2 N–H and O–H groups in total. The molecule has 120 valence electrons. The Morgan fingerprint density at radius 1 is 1.24 bits per heavy atom. The maximum atomic E-state index is 12.3. The Labute approximate surface area is 136 Å². The molecule has 6 heteroatoms. The van der Waals surface area contributed by atoms with Crippen molar-refractivity contribution in [3.8, 4) is 0 Å². The van der Waals surface area contributed by atoms with Gasteiger partial charge in [0.1, 0.15) is 0 Å². The Kier molecular flexibility index (Phi) is 6.84. The zero-order chi connectivity index (χ0) is 16.1. The summed E-state index contributed by atoms with van der Waals surface area (Å²) in [4.78, 5) is 0.283. The molecule has 0 aromatic heterocycles. The lowest BCUT2D eigenvalue weighted by atomic mass is 9.98. The Bertz CT molecular complexity index is 566. The highest BCUT2D eigenvalue weighted by atomic mass is 79.9. The molecule has 0 bridgehead atoms. The molecule has 0 aliphatic carbocycles. The van der Waals surface area contributed by atoms with Crippen molar-refractivity contribution in [2.45, 2.75) is 45.6 Å². The summed E-state index contributed by atoms with van der Waals surface area (Å²) in [7, 11) is -3.48. The van der Waals surface area contributed by atoms with Gasteiger partial charge in [0, 0.05) is 17.6 Å². The number of sulfonamides is 1. The second-order valence-electron chi connectivity index (χ2n) is 6.33. The third kappa shape index (κ3) is 6.46. The fourth-order valence-electron chi connectivity index (χ4n) is 1.67. The van der Waals surface area contributed by atoms with Crippen LogP contribution in [0.4, 0.5) is 0 Å². The molecular weight excluding hydrogens is 352 g/mol. The minimum absolute atomic E-state index is 0.0937. The van der Waals surface area contributed by atoms with Crippen molar-refractivity contribution in [2.24, 2.45) is 5.41 Å². The molecule has 21 heavy (non-hydrogen) atoms. The second-order valence-corrected chi connectivity index (χ2v) is 8.92. The molecule has 4 nitrogen and oxygen atoms in total. The van der Waals surface area contributed by atoms with E-state index in [2.05, 4.69) is 32.9 Å². The minimum atomic E-state index is -3.48. The van der Waals surface area contributed by atoms with Gasteiger partial charge in [-0.25, -0.2) is 13.1 Å². The van der Waals surface area contributed by atoms with E-state index in [1.807, 2.05) is 32.9 Å². The molecule has 0 saturated heterocycles. The van der Waals surface area contributed by atoms with Gasteiger partial charge in [0.05, 0.1) is 4.90 Å². The standard InChI is InChI=1S/C15H25BrN2O2S/c1-5-8-17-10-12-6-7-14(13(16)9-12)21(19,20)18-11-15(2,3)4/h6-7,9,17-18H,5,8,10-11H2,1-4H3. The first kappa shape index (κ1) is 18.6. The van der Waals surface area contributed by atoms with Gasteiger partial charge in [-0.1, -0.05) is 33.8 Å². The van der Waals surface area contributed by atoms with Gasteiger partial charge in [0.15, 0.2) is 0 Å². The third-order valence-electron chi connectivity index (χ3n) is 2.83. The molecular formula is C15H25BrN2O2S. The van der Waals surface area contributed by atoms with E-state index >= 15 is 0 Å². The molecule has 0 saturated carbocycles. The molecule has 0 fully saturated rings. The fourth-order valence-corrected chi connectivity index (χ4v) is 4.08. The molecule has 0 amide bonds. The van der Waals surface area contributed by atoms with Crippen LogP contribution in [-0.2, 0) is 16.6 Å². The van der Waals surface area contributed by atoms with Crippen LogP contribution in [0, 0.1) is 5.41 Å². The summed E-state index contributed by atoms with van der Waals surface area (Å²) in [6.45, 7) is 10.2. The molecule has 1 rings (SSSR count). The van der Waals surface area contributed by atoms with Crippen molar-refractivity contribution in [3.63, 3.8) is 0 Å². The Hall–Kier alpha value is -0.430. The van der Waals surface area contributed by atoms with Crippen LogP contribution in [0.5, 0.6) is 0 Å². The largest absolute Gasteiger partial charge is 0.313 e. The van der Waals surface area contributed by atoms with Crippen LogP contribution in [0.25, 0.3) is 0 Å². The van der Waals surface area contributed by atoms with E-state index in [-0.39, 0.29) is 10.3 Å². The molecule has 0 atom stereocenters. The van der Waals surface area contributed by atoms with Crippen molar-refractivity contribution < 1.29 is 8.42 Å². The average Bonchev–Trinajstić information content (AvgIpc) is 2.36. The summed E-state index contributed by atoms with van der Waals surface area (Å²) in [5, 5.41) is 3.30. The number of nitrogens with one attached hydrogen (secondary N) is 2. The van der Waals surface area contributed by atoms with E-state index in [1.165, 1.54) is 0 Å². The summed E-state index contributed by atoms with van der Waals surface area (Å²) in [6, 6.07) is 5.35. The predicted molar refractivity (Wildman–Crippen MR) is 90.8 cm³/mol. The van der Waals surface area contributed by atoms with Crippen molar-refractivity contribution in [1.29, 1.82) is 0 Å². The van der Waals surface area contributed by atoms with E-state index in [0.717, 1.165) is 25.1 Å². The fraction of sp³-hybridized carbons (Fsp3) is 0.600. The highest BCUT2D eigenvalue weighted by Gasteiger charge is 2.20. The maximum absolute atomic E-state index is 12.3. The van der Waals surface area contributed by atoms with Gasteiger partial charge in [-0.15, -0.1) is 0 Å². The van der Waals surface area contributed by atoms with Crippen molar-refractivity contribution >= 4 is 26.0 Å². The monoisotopic (exact) mass is 376 g/mol. The molecule has 1 aromatic rings. The minimum Gasteiger partial charge on any atom is -0.313 e. The molecule has 1 aromatic carbocycles. The lowest BCUT2D eigenvalue weighted by Crippen LogP contribution is -2.32. The molecule has 0 heterocycles. The van der Waals surface area contributed by atoms with E-state index in [1.54, 1.807) is 6.07 Å². The summed E-state index contributed by atoms with van der Waals surface area (Å²) in [6.07, 6.45) is 1.07. The zero-order valence-corrected chi connectivity index (χ0v) is 15.6. The first-order valence-corrected chi connectivity index (χ1v) is 9.42. The summed E-state index contributed by atoms with van der Waals surface area (Å²) in [5.74, 6) is 0. The molecule has 0 spiro atoms. The molecule has 0 unspecified atom stereocenters. The Morgan fingerprint density at radius 2 is 1.90 bits per heavy atom. The molecule has 0 radical (unpaired) electrons. The number of benzene rings is 1. The molecule has 0 aliphatic rings. The number of rotatable bonds is 7. The van der Waals surface area contributed by atoms with Crippen LogP contribution in [0.1, 0.15) is 39.7 Å². The highest BCUT2D eigenvalue weighted by molar-refractivity contribution is 9.10. The van der Waals surface area contributed by atoms with E-state index in [9.17, 15) is 8.42 Å². The van der Waals surface area contributed by atoms with Crippen molar-refractivity contribution in [3.05, 3.63) is 28.2 Å². The number of halogens is 1. The van der Waals surface area contributed by atoms with Crippen LogP contribution in [0.15, 0.2) is 27.6 Å². The van der Waals surface area contributed by atoms with Crippen LogP contribution in [0.2, 0.25) is 0 Å². The summed E-state index contributed by atoms with van der Waals surface area (Å²) >= 11 is 3.37. The first-order valence-electron chi connectivity index (χ1n) is 7.14. The highest BCUT2D eigenvalue weighted by Crippen LogP contribution is 2.24. The van der Waals surface area contributed by atoms with Crippen LogP contribution >= 0.6 is 15.9 Å². The lowest BCUT2D eigenvalue weighted by molar-refractivity contribution is 0.407. The Morgan fingerprint density at radius 3 is 2.43 bits per heavy atom. The van der Waals surface area contributed by atoms with Crippen molar-refractivity contribution in [2.75, 3.05) is 13.1 Å². The normalized spacial score (nSPS) is 12.6. The topological polar surface area (TPSA) is 58.2 Å². The number of hydrogen-bond acceptors (Lipinski definition) is 3. The lowest BCUT2D eigenvalue weighted by Gasteiger charge is -2.19. The smallest absolute Gasteiger partial charge is 0.241 e. The van der Waals surface area contributed by atoms with Gasteiger partial charge in [-0.05, 0) is 52.0 Å². The van der Waals surface area contributed by atoms with Gasteiger partial charge in [0.2, 0.25) is 10.0 Å². The maximum Gasteiger partial charge on any atom is 0.241 e. The van der Waals surface area contributed by atoms with Gasteiger partial charge in [0.25, 0.3) is 0 Å². The third-order valence-corrected chi connectivity index (χ3v) is 5.21. The van der Waals surface area contributed by atoms with E-state index in [4.69, 9.17) is 0 Å². The van der Waals surface area contributed by atoms with Crippen LogP contribution in [0.3, 0.4) is 0 Å². The van der Waals surface area contributed by atoms with Crippen molar-refractivity contribution in [1.82, 2.24) is 10.0 Å². The first-order chi connectivity index (χ1) is 9.65. The SMILES string of the molecule is CCCNCc1ccc(S(=O)(=O)NCC(C)(C)C)c(Br)c1. The van der Waals surface area contributed by atoms with Crippen LogP contribution in [-0.4, -0.2) is 21.5 Å². The van der Waals surface area contributed by atoms with Gasteiger partial charge >= 0.3 is 0 Å². The second kappa shape index (κ2) is 7.72.